The van der Waals surface area contributed by atoms with E-state index in [1.165, 1.54) is 6.42 Å². The number of unbranched alkanes of at least 4 members (excludes halogenated alkanes) is 3. The molecule has 0 aromatic rings. The van der Waals surface area contributed by atoms with Crippen LogP contribution in [0.4, 0.5) is 0 Å². The summed E-state index contributed by atoms with van der Waals surface area (Å²) in [5.74, 6) is 0.249. The van der Waals surface area contributed by atoms with E-state index < -0.39 is 0 Å². The summed E-state index contributed by atoms with van der Waals surface area (Å²) in [6.45, 7) is 9.13. The number of amides is 2. The van der Waals surface area contributed by atoms with E-state index in [0.717, 1.165) is 51.6 Å². The van der Waals surface area contributed by atoms with E-state index in [9.17, 15) is 9.59 Å². The van der Waals surface area contributed by atoms with Gasteiger partial charge in [0.15, 0.2) is 0 Å². The lowest BCUT2D eigenvalue weighted by molar-refractivity contribution is -0.121. The van der Waals surface area contributed by atoms with Gasteiger partial charge in [0.1, 0.15) is 0 Å². The van der Waals surface area contributed by atoms with Crippen molar-refractivity contribution in [2.24, 2.45) is 5.41 Å². The van der Waals surface area contributed by atoms with Gasteiger partial charge in [0.25, 0.3) is 0 Å². The maximum Gasteiger partial charge on any atom is 0.219 e. The van der Waals surface area contributed by atoms with Crippen molar-refractivity contribution in [3.8, 4) is 0 Å². The van der Waals surface area contributed by atoms with Crippen LogP contribution < -0.4 is 16.0 Å². The Morgan fingerprint density at radius 2 is 1.17 bits per heavy atom. The Morgan fingerprint density at radius 1 is 0.708 bits per heavy atom. The molecule has 3 N–H and O–H groups in total. The summed E-state index contributed by atoms with van der Waals surface area (Å²) >= 11 is 0. The second-order valence-corrected chi connectivity index (χ2v) is 7.74. The molecule has 0 radical (unpaired) electrons. The fourth-order valence-corrected chi connectivity index (χ4v) is 2.41. The molecule has 0 unspecified atom stereocenters. The number of hydrogen-bond acceptors (Lipinski definition) is 3. The molecule has 0 aromatic heterocycles. The van der Waals surface area contributed by atoms with E-state index in [0.29, 0.717) is 24.8 Å². The van der Waals surface area contributed by atoms with Crippen LogP contribution in [0.3, 0.4) is 0 Å². The molecule has 0 aliphatic rings. The Kier molecular flexibility index (Phi) is 13.6. The molecule has 5 heteroatoms. The lowest BCUT2D eigenvalue weighted by Gasteiger charge is -2.17. The molecular formula is C19H39N3O2. The third kappa shape index (κ3) is 17.3. The van der Waals surface area contributed by atoms with Gasteiger partial charge < -0.3 is 16.0 Å². The molecule has 0 aromatic carbocycles. The number of hydrogen-bond donors (Lipinski definition) is 3. The third-order valence-electron chi connectivity index (χ3n) is 3.91. The molecule has 0 rings (SSSR count). The molecular weight excluding hydrogens is 302 g/mol. The smallest absolute Gasteiger partial charge is 0.219 e. The van der Waals surface area contributed by atoms with Gasteiger partial charge in [-0.15, -0.1) is 0 Å². The average molecular weight is 342 g/mol. The molecule has 24 heavy (non-hydrogen) atoms. The minimum absolute atomic E-state index is 0.120. The first-order chi connectivity index (χ1) is 11.3. The van der Waals surface area contributed by atoms with Gasteiger partial charge in [0, 0.05) is 25.9 Å². The molecule has 0 spiro atoms. The van der Waals surface area contributed by atoms with Crippen LogP contribution in [0.1, 0.15) is 78.6 Å². The Morgan fingerprint density at radius 3 is 1.62 bits per heavy atom. The summed E-state index contributed by atoms with van der Waals surface area (Å²) in [6, 6.07) is 0. The van der Waals surface area contributed by atoms with Gasteiger partial charge in [-0.3, -0.25) is 9.59 Å². The van der Waals surface area contributed by atoms with Crippen molar-refractivity contribution in [2.45, 2.75) is 78.6 Å². The van der Waals surface area contributed by atoms with Crippen LogP contribution in [0.25, 0.3) is 0 Å². The molecule has 0 bridgehead atoms. The van der Waals surface area contributed by atoms with Gasteiger partial charge in [-0.2, -0.15) is 0 Å². The summed E-state index contributed by atoms with van der Waals surface area (Å²) < 4.78 is 0. The first kappa shape index (κ1) is 22.9. The van der Waals surface area contributed by atoms with Gasteiger partial charge in [-0.05, 0) is 57.5 Å². The summed E-state index contributed by atoms with van der Waals surface area (Å²) in [5, 5.41) is 8.96. The van der Waals surface area contributed by atoms with E-state index in [-0.39, 0.29) is 11.8 Å². The fraction of sp³-hybridized carbons (Fsp3) is 0.895. The quantitative estimate of drug-likeness (QED) is 0.425. The minimum atomic E-state index is 0.120. The van der Waals surface area contributed by atoms with Crippen molar-refractivity contribution >= 4 is 11.8 Å². The number of nitrogens with one attached hydrogen (secondary N) is 3. The van der Waals surface area contributed by atoms with Crippen molar-refractivity contribution < 1.29 is 9.59 Å². The Hall–Kier alpha value is -1.10. The molecule has 0 saturated carbocycles. The lowest BCUT2D eigenvalue weighted by Crippen LogP contribution is -2.26. The van der Waals surface area contributed by atoms with Crippen LogP contribution in [0, 0.1) is 5.41 Å². The summed E-state index contributed by atoms with van der Waals surface area (Å²) in [5.41, 5.74) is 0.376. The number of rotatable bonds is 14. The zero-order valence-corrected chi connectivity index (χ0v) is 16.3. The first-order valence-corrected chi connectivity index (χ1v) is 9.53. The molecule has 0 saturated heterocycles. The predicted octanol–water partition coefficient (Wildman–Crippen LogP) is 3.00. The standard InChI is InChI=1S/C19H39N3O2/c1-19(2,3)13-7-10-16-22-18(24)12-6-9-15-21-17(23)11-5-8-14-20-4/h20H,5-16H2,1-4H3,(H,21,23)(H,22,24). The normalized spacial score (nSPS) is 11.3. The SMILES string of the molecule is CNCCCCC(=O)NCCCCC(=O)NCCCCC(C)(C)C. The predicted molar refractivity (Wildman–Crippen MR) is 101 cm³/mol. The largest absolute Gasteiger partial charge is 0.356 e. The maximum atomic E-state index is 11.7. The maximum absolute atomic E-state index is 11.7. The van der Waals surface area contributed by atoms with Crippen LogP contribution in [0.15, 0.2) is 0 Å². The van der Waals surface area contributed by atoms with Crippen molar-refractivity contribution in [3.63, 3.8) is 0 Å². The lowest BCUT2D eigenvalue weighted by atomic mass is 9.90. The van der Waals surface area contributed by atoms with Gasteiger partial charge in [-0.25, -0.2) is 0 Å². The highest BCUT2D eigenvalue weighted by Crippen LogP contribution is 2.21. The highest BCUT2D eigenvalue weighted by atomic mass is 16.2. The Balaban J connectivity index is 3.38. The van der Waals surface area contributed by atoms with Crippen LogP contribution >= 0.6 is 0 Å². The minimum Gasteiger partial charge on any atom is -0.356 e. The monoisotopic (exact) mass is 341 g/mol. The Labute approximate surface area is 148 Å². The van der Waals surface area contributed by atoms with Crippen LogP contribution in [0.2, 0.25) is 0 Å². The van der Waals surface area contributed by atoms with Crippen LogP contribution in [0.5, 0.6) is 0 Å². The van der Waals surface area contributed by atoms with Gasteiger partial charge >= 0.3 is 0 Å². The van der Waals surface area contributed by atoms with Crippen LogP contribution in [-0.2, 0) is 9.59 Å². The Bertz CT molecular complexity index is 338. The summed E-state index contributed by atoms with van der Waals surface area (Å²) in [6.07, 6.45) is 8.18. The van der Waals surface area contributed by atoms with Crippen molar-refractivity contribution in [2.75, 3.05) is 26.7 Å². The third-order valence-corrected chi connectivity index (χ3v) is 3.91. The molecule has 0 fully saturated rings. The first-order valence-electron chi connectivity index (χ1n) is 9.53. The van der Waals surface area contributed by atoms with E-state index in [1.54, 1.807) is 0 Å². The van der Waals surface area contributed by atoms with E-state index in [4.69, 9.17) is 0 Å². The molecule has 0 aliphatic heterocycles. The molecule has 2 amide bonds. The second kappa shape index (κ2) is 14.3. The molecule has 5 nitrogen and oxygen atoms in total. The second-order valence-electron chi connectivity index (χ2n) is 7.74. The molecule has 0 atom stereocenters. The summed E-state index contributed by atoms with van der Waals surface area (Å²) in [4.78, 5) is 23.3. The highest BCUT2D eigenvalue weighted by molar-refractivity contribution is 5.76. The van der Waals surface area contributed by atoms with Crippen LogP contribution in [-0.4, -0.2) is 38.5 Å². The van der Waals surface area contributed by atoms with Crippen molar-refractivity contribution in [1.29, 1.82) is 0 Å². The van der Waals surface area contributed by atoms with Crippen molar-refractivity contribution in [1.82, 2.24) is 16.0 Å². The van der Waals surface area contributed by atoms with Gasteiger partial charge in [-0.1, -0.05) is 27.2 Å². The topological polar surface area (TPSA) is 70.2 Å². The number of carbonyl (C=O) groups is 2. The van der Waals surface area contributed by atoms with E-state index in [2.05, 4.69) is 36.7 Å². The van der Waals surface area contributed by atoms with E-state index in [1.807, 2.05) is 7.05 Å². The molecule has 142 valence electrons. The highest BCUT2D eigenvalue weighted by Gasteiger charge is 2.09. The van der Waals surface area contributed by atoms with Crippen molar-refractivity contribution in [3.05, 3.63) is 0 Å². The zero-order valence-electron chi connectivity index (χ0n) is 16.3. The zero-order chi connectivity index (χ0) is 18.3. The van der Waals surface area contributed by atoms with Gasteiger partial charge in [0.05, 0.1) is 0 Å². The fourth-order valence-electron chi connectivity index (χ4n) is 2.41. The van der Waals surface area contributed by atoms with E-state index >= 15 is 0 Å². The average Bonchev–Trinajstić information content (AvgIpc) is 2.50. The van der Waals surface area contributed by atoms with Gasteiger partial charge in [0.2, 0.25) is 11.8 Å². The molecule has 0 aliphatic carbocycles. The summed E-state index contributed by atoms with van der Waals surface area (Å²) in [7, 11) is 1.92. The number of carbonyl (C=O) groups excluding carboxylic acids is 2. The molecule has 0 heterocycles.